The molecule has 3 aromatic rings. The first-order valence-electron chi connectivity index (χ1n) is 10.4. The molecule has 0 spiro atoms. The molecular weight excluding hydrogens is 442 g/mol. The van der Waals surface area contributed by atoms with Crippen LogP contribution in [0, 0.1) is 0 Å². The topological polar surface area (TPSA) is 127 Å². The van der Waals surface area contributed by atoms with E-state index in [1.54, 1.807) is 42.5 Å². The lowest BCUT2D eigenvalue weighted by molar-refractivity contribution is -0.136. The standard InChI is InChI=1S/C23H23N5O6/c1-5-34-14-8-6-13(7-9-14)21(29)18-19(22(30)33-4)24-23-25-26-27-28(23)20(18)16-12-15(31-2)10-11-17(16)32-3/h6-12,20H,5H2,1-4H3,(H,24,25,27)/t20-/m0/s1. The first-order valence-corrected chi connectivity index (χ1v) is 10.4. The highest BCUT2D eigenvalue weighted by atomic mass is 16.5. The van der Waals surface area contributed by atoms with E-state index in [0.29, 0.717) is 35.0 Å². The van der Waals surface area contributed by atoms with E-state index in [1.807, 2.05) is 6.92 Å². The van der Waals surface area contributed by atoms with Gasteiger partial charge in [-0.05, 0) is 59.8 Å². The third-order valence-corrected chi connectivity index (χ3v) is 5.31. The van der Waals surface area contributed by atoms with Crippen LogP contribution in [-0.2, 0) is 9.53 Å². The summed E-state index contributed by atoms with van der Waals surface area (Å²) in [6.07, 6.45) is 0. The van der Waals surface area contributed by atoms with Crippen LogP contribution in [0.15, 0.2) is 53.7 Å². The van der Waals surface area contributed by atoms with Gasteiger partial charge in [-0.15, -0.1) is 0 Å². The second-order valence-electron chi connectivity index (χ2n) is 7.15. The number of nitrogens with one attached hydrogen (secondary N) is 1. The number of Topliss-reactive ketones (excluding diaryl/α,β-unsaturated/α-hetero) is 1. The van der Waals surface area contributed by atoms with Gasteiger partial charge >= 0.3 is 5.97 Å². The number of carbonyl (C=O) groups excluding carboxylic acids is 2. The molecule has 11 nitrogen and oxygen atoms in total. The second kappa shape index (κ2) is 9.61. The number of ketones is 1. The first kappa shape index (κ1) is 22.8. The summed E-state index contributed by atoms with van der Waals surface area (Å²) in [6, 6.07) is 10.9. The highest BCUT2D eigenvalue weighted by Gasteiger charge is 2.40. The maximum absolute atomic E-state index is 13.9. The molecule has 0 radical (unpaired) electrons. The molecule has 34 heavy (non-hydrogen) atoms. The molecule has 1 aliphatic heterocycles. The van der Waals surface area contributed by atoms with Crippen LogP contribution in [0.1, 0.15) is 28.9 Å². The minimum absolute atomic E-state index is 0.0708. The van der Waals surface area contributed by atoms with E-state index in [1.165, 1.54) is 26.0 Å². The van der Waals surface area contributed by atoms with Crippen LogP contribution in [-0.4, -0.2) is 59.9 Å². The molecule has 1 atom stereocenters. The number of methoxy groups -OCH3 is 3. The average Bonchev–Trinajstić information content (AvgIpc) is 3.35. The van der Waals surface area contributed by atoms with Gasteiger partial charge in [0.15, 0.2) is 5.78 Å². The van der Waals surface area contributed by atoms with Crippen molar-refractivity contribution in [2.75, 3.05) is 33.3 Å². The summed E-state index contributed by atoms with van der Waals surface area (Å²) in [5, 5.41) is 14.6. The monoisotopic (exact) mass is 465 g/mol. The van der Waals surface area contributed by atoms with Gasteiger partial charge in [0, 0.05) is 11.1 Å². The van der Waals surface area contributed by atoms with Crippen LogP contribution >= 0.6 is 0 Å². The lowest BCUT2D eigenvalue weighted by Crippen LogP contribution is -2.33. The highest BCUT2D eigenvalue weighted by molar-refractivity contribution is 6.15. The van der Waals surface area contributed by atoms with Crippen molar-refractivity contribution in [1.29, 1.82) is 0 Å². The van der Waals surface area contributed by atoms with Crippen LogP contribution in [0.2, 0.25) is 0 Å². The highest BCUT2D eigenvalue weighted by Crippen LogP contribution is 2.41. The fourth-order valence-electron chi connectivity index (χ4n) is 3.75. The number of aromatic nitrogens is 4. The van der Waals surface area contributed by atoms with E-state index in [9.17, 15) is 9.59 Å². The minimum atomic E-state index is -0.913. The maximum Gasteiger partial charge on any atom is 0.355 e. The number of ether oxygens (including phenoxy) is 4. The summed E-state index contributed by atoms with van der Waals surface area (Å²) in [7, 11) is 4.26. The fraction of sp³-hybridized carbons (Fsp3) is 0.261. The molecule has 0 unspecified atom stereocenters. The molecule has 176 valence electrons. The van der Waals surface area contributed by atoms with Gasteiger partial charge in [-0.3, -0.25) is 4.79 Å². The summed E-state index contributed by atoms with van der Waals surface area (Å²) in [4.78, 5) is 26.7. The van der Waals surface area contributed by atoms with Crippen molar-refractivity contribution in [3.8, 4) is 17.2 Å². The van der Waals surface area contributed by atoms with Gasteiger partial charge in [0.2, 0.25) is 5.95 Å². The van der Waals surface area contributed by atoms with Crippen LogP contribution < -0.4 is 19.5 Å². The Labute approximate surface area is 195 Å². The number of carbonyl (C=O) groups is 2. The maximum atomic E-state index is 13.9. The number of tetrazole rings is 1. The minimum Gasteiger partial charge on any atom is -0.497 e. The van der Waals surface area contributed by atoms with Crippen molar-refractivity contribution < 1.29 is 28.5 Å². The van der Waals surface area contributed by atoms with Gasteiger partial charge in [0.05, 0.1) is 33.5 Å². The van der Waals surface area contributed by atoms with E-state index >= 15 is 0 Å². The third kappa shape index (κ3) is 4.03. The molecule has 0 fully saturated rings. The Hall–Kier alpha value is -4.41. The number of fused-ring (bicyclic) bond motifs is 1. The molecular formula is C23H23N5O6. The molecule has 0 saturated carbocycles. The number of allylic oxidation sites excluding steroid dienone is 1. The van der Waals surface area contributed by atoms with Crippen LogP contribution in [0.5, 0.6) is 17.2 Å². The van der Waals surface area contributed by atoms with Crippen LogP contribution in [0.3, 0.4) is 0 Å². The Morgan fingerprint density at radius 3 is 2.41 bits per heavy atom. The Morgan fingerprint density at radius 1 is 1.03 bits per heavy atom. The molecule has 0 bridgehead atoms. The summed E-state index contributed by atoms with van der Waals surface area (Å²) in [5.74, 6) is 0.601. The molecule has 4 rings (SSSR count). The van der Waals surface area contributed by atoms with Crippen molar-refractivity contribution >= 4 is 17.7 Å². The zero-order valence-corrected chi connectivity index (χ0v) is 19.1. The molecule has 2 heterocycles. The van der Waals surface area contributed by atoms with Gasteiger partial charge in [-0.2, -0.15) is 4.68 Å². The summed E-state index contributed by atoms with van der Waals surface area (Å²) < 4.78 is 22.8. The number of benzene rings is 2. The normalized spacial score (nSPS) is 14.6. The SMILES string of the molecule is CCOc1ccc(C(=O)C2=C(C(=O)OC)Nc3nnnn3[C@H]2c2cc(OC)ccc2OC)cc1. The van der Waals surface area contributed by atoms with Crippen molar-refractivity contribution in [1.82, 2.24) is 20.2 Å². The number of anilines is 1. The van der Waals surface area contributed by atoms with Gasteiger partial charge in [0.25, 0.3) is 0 Å². The molecule has 1 N–H and O–H groups in total. The zero-order chi connectivity index (χ0) is 24.2. The van der Waals surface area contributed by atoms with Gasteiger partial charge in [0.1, 0.15) is 29.0 Å². The Kier molecular flexibility index (Phi) is 6.44. The van der Waals surface area contributed by atoms with Gasteiger partial charge in [-0.1, -0.05) is 5.10 Å². The lowest BCUT2D eigenvalue weighted by Gasteiger charge is -2.29. The molecule has 0 aliphatic carbocycles. The molecule has 0 amide bonds. The Balaban J connectivity index is 1.94. The van der Waals surface area contributed by atoms with Crippen LogP contribution in [0.4, 0.5) is 5.95 Å². The van der Waals surface area contributed by atoms with E-state index in [4.69, 9.17) is 18.9 Å². The third-order valence-electron chi connectivity index (χ3n) is 5.31. The Bertz CT molecular complexity index is 1250. The number of nitrogens with zero attached hydrogens (tertiary/aromatic N) is 4. The van der Waals surface area contributed by atoms with Crippen molar-refractivity contribution in [2.24, 2.45) is 0 Å². The predicted molar refractivity (Wildman–Crippen MR) is 120 cm³/mol. The predicted octanol–water partition coefficient (Wildman–Crippen LogP) is 2.41. The van der Waals surface area contributed by atoms with E-state index < -0.39 is 17.8 Å². The smallest absolute Gasteiger partial charge is 0.355 e. The number of rotatable bonds is 8. The average molecular weight is 465 g/mol. The van der Waals surface area contributed by atoms with Crippen molar-refractivity contribution in [2.45, 2.75) is 13.0 Å². The van der Waals surface area contributed by atoms with Gasteiger partial charge in [-0.25, -0.2) is 4.79 Å². The lowest BCUT2D eigenvalue weighted by atomic mass is 9.88. The molecule has 1 aliphatic rings. The van der Waals surface area contributed by atoms with Crippen molar-refractivity contribution in [3.05, 3.63) is 64.9 Å². The summed E-state index contributed by atoms with van der Waals surface area (Å²) in [6.45, 7) is 2.37. The first-order chi connectivity index (χ1) is 16.5. The quantitative estimate of drug-likeness (QED) is 0.391. The van der Waals surface area contributed by atoms with Crippen molar-refractivity contribution in [3.63, 3.8) is 0 Å². The Morgan fingerprint density at radius 2 is 1.76 bits per heavy atom. The number of hydrogen-bond acceptors (Lipinski definition) is 10. The summed E-state index contributed by atoms with van der Waals surface area (Å²) >= 11 is 0. The van der Waals surface area contributed by atoms with Gasteiger partial charge < -0.3 is 24.3 Å². The molecule has 2 aromatic carbocycles. The summed E-state index contributed by atoms with van der Waals surface area (Å²) in [5.41, 5.74) is 0.874. The molecule has 11 heteroatoms. The number of hydrogen-bond donors (Lipinski definition) is 1. The zero-order valence-electron chi connectivity index (χ0n) is 19.1. The van der Waals surface area contributed by atoms with Crippen LogP contribution in [0.25, 0.3) is 0 Å². The molecule has 0 saturated heterocycles. The fourth-order valence-corrected chi connectivity index (χ4v) is 3.75. The van der Waals surface area contributed by atoms with E-state index in [2.05, 4.69) is 20.8 Å². The molecule has 1 aromatic heterocycles. The number of esters is 1. The largest absolute Gasteiger partial charge is 0.497 e. The second-order valence-corrected chi connectivity index (χ2v) is 7.15. The van der Waals surface area contributed by atoms with E-state index in [0.717, 1.165) is 0 Å². The van der Waals surface area contributed by atoms with E-state index in [-0.39, 0.29) is 17.2 Å².